The Morgan fingerprint density at radius 2 is 2.17 bits per heavy atom. The lowest BCUT2D eigenvalue weighted by Crippen LogP contribution is -2.24. The van der Waals surface area contributed by atoms with Crippen molar-refractivity contribution in [3.63, 3.8) is 0 Å². The van der Waals surface area contributed by atoms with Gasteiger partial charge in [0, 0.05) is 36.2 Å². The molecule has 1 fully saturated rings. The Bertz CT molecular complexity index is 1510. The van der Waals surface area contributed by atoms with Gasteiger partial charge in [0.05, 0.1) is 46.3 Å². The number of hydrogen-bond donors (Lipinski definition) is 3. The maximum absolute atomic E-state index is 13.8. The Hall–Kier alpha value is -4.02. The van der Waals surface area contributed by atoms with Gasteiger partial charge in [-0.15, -0.1) is 0 Å². The number of carboxylic acid groups (broad SMARTS) is 1. The molecule has 0 saturated carbocycles. The van der Waals surface area contributed by atoms with Crippen LogP contribution in [0.1, 0.15) is 28.0 Å². The molecule has 0 bridgehead atoms. The summed E-state index contributed by atoms with van der Waals surface area (Å²) >= 11 is 6.19. The molecule has 0 aliphatic carbocycles. The van der Waals surface area contributed by atoms with E-state index >= 15 is 0 Å². The number of aromatic carboxylic acids is 1. The number of hydrogen-bond acceptors (Lipinski definition) is 6. The molecule has 0 spiro atoms. The molecule has 4 aromatic rings. The number of anilines is 1. The summed E-state index contributed by atoms with van der Waals surface area (Å²) in [5.41, 5.74) is 10.8. The van der Waals surface area contributed by atoms with E-state index in [0.29, 0.717) is 24.5 Å². The molecule has 1 atom stereocenters. The first kappa shape index (κ1) is 23.7. The van der Waals surface area contributed by atoms with Crippen LogP contribution in [-0.4, -0.2) is 50.8 Å². The van der Waals surface area contributed by atoms with Crippen LogP contribution < -0.4 is 11.1 Å². The van der Waals surface area contributed by atoms with Crippen LogP contribution in [0.15, 0.2) is 53.9 Å². The lowest BCUT2D eigenvalue weighted by Gasteiger charge is -2.17. The van der Waals surface area contributed by atoms with Crippen molar-refractivity contribution in [1.82, 2.24) is 14.6 Å². The van der Waals surface area contributed by atoms with Crippen LogP contribution in [0.25, 0.3) is 16.6 Å². The molecule has 1 saturated heterocycles. The monoisotopic (exact) mass is 508 g/mol. The third-order valence-corrected chi connectivity index (χ3v) is 6.30. The van der Waals surface area contributed by atoms with Gasteiger partial charge >= 0.3 is 5.97 Å². The first-order valence-corrected chi connectivity index (χ1v) is 11.5. The number of fused-ring (bicyclic) bond motifs is 1. The summed E-state index contributed by atoms with van der Waals surface area (Å²) in [6.45, 7) is 3.00. The van der Waals surface area contributed by atoms with E-state index in [1.807, 2.05) is 19.2 Å². The minimum absolute atomic E-state index is 0.0241. The van der Waals surface area contributed by atoms with Crippen molar-refractivity contribution in [3.05, 3.63) is 76.6 Å². The highest BCUT2D eigenvalue weighted by molar-refractivity contribution is 6.33. The van der Waals surface area contributed by atoms with Gasteiger partial charge in [0.2, 0.25) is 0 Å². The van der Waals surface area contributed by atoms with E-state index in [1.165, 1.54) is 30.5 Å². The number of carbonyl (C=O) groups is 1. The van der Waals surface area contributed by atoms with Gasteiger partial charge in [-0.3, -0.25) is 0 Å². The summed E-state index contributed by atoms with van der Waals surface area (Å²) in [6.07, 6.45) is 5.76. The average molecular weight is 509 g/mol. The highest BCUT2D eigenvalue weighted by Gasteiger charge is 2.22. The molecule has 1 aliphatic rings. The van der Waals surface area contributed by atoms with E-state index in [0.717, 1.165) is 28.6 Å². The molecule has 3 aromatic heterocycles. The zero-order valence-corrected chi connectivity index (χ0v) is 20.0. The number of rotatable bonds is 6. The molecule has 184 valence electrons. The van der Waals surface area contributed by atoms with E-state index in [1.54, 1.807) is 10.7 Å². The van der Waals surface area contributed by atoms with Crippen LogP contribution >= 0.6 is 11.6 Å². The lowest BCUT2D eigenvalue weighted by molar-refractivity contribution is 0.0690. The van der Waals surface area contributed by atoms with E-state index < -0.39 is 11.8 Å². The fourth-order valence-electron chi connectivity index (χ4n) is 4.14. The first-order valence-electron chi connectivity index (χ1n) is 11.2. The zero-order chi connectivity index (χ0) is 25.4. The van der Waals surface area contributed by atoms with Crippen LogP contribution in [0, 0.1) is 12.7 Å². The second-order valence-corrected chi connectivity index (χ2v) is 8.89. The second kappa shape index (κ2) is 9.56. The number of aromatic nitrogens is 3. The summed E-state index contributed by atoms with van der Waals surface area (Å²) < 4.78 is 21.0. The van der Waals surface area contributed by atoms with Gasteiger partial charge in [-0.05, 0) is 43.2 Å². The van der Waals surface area contributed by atoms with Gasteiger partial charge in [0.25, 0.3) is 0 Å². The van der Waals surface area contributed by atoms with Gasteiger partial charge in [-0.25, -0.2) is 23.7 Å². The molecule has 11 heteroatoms. The quantitative estimate of drug-likeness (QED) is 0.259. The number of aliphatic imine (C=N–C) groups is 1. The Labute approximate surface area is 210 Å². The smallest absolute Gasteiger partial charge is 0.354 e. The molecule has 0 amide bonds. The predicted molar refractivity (Wildman–Crippen MR) is 135 cm³/mol. The van der Waals surface area contributed by atoms with Gasteiger partial charge in [0.1, 0.15) is 17.3 Å². The van der Waals surface area contributed by atoms with Gasteiger partial charge in [-0.2, -0.15) is 5.10 Å². The molecule has 36 heavy (non-hydrogen) atoms. The predicted octanol–water partition coefficient (Wildman–Crippen LogP) is 4.43. The minimum Gasteiger partial charge on any atom is -0.477 e. The number of nitrogens with zero attached hydrogens (tertiary/aromatic N) is 4. The summed E-state index contributed by atoms with van der Waals surface area (Å²) in [4.78, 5) is 19.7. The number of nitrogens with one attached hydrogen (secondary N) is 1. The maximum atomic E-state index is 13.8. The molecule has 1 aliphatic heterocycles. The molecular weight excluding hydrogens is 487 g/mol. The van der Waals surface area contributed by atoms with Crippen LogP contribution in [0.2, 0.25) is 5.02 Å². The van der Waals surface area contributed by atoms with Crippen LogP contribution in [0.5, 0.6) is 0 Å². The number of carboxylic acids is 1. The number of aryl methyl sites for hydroxylation is 1. The molecular formula is C25H22ClFN6O3. The molecule has 4 heterocycles. The van der Waals surface area contributed by atoms with E-state index in [-0.39, 0.29) is 28.3 Å². The third-order valence-electron chi connectivity index (χ3n) is 5.98. The van der Waals surface area contributed by atoms with Crippen LogP contribution in [0.3, 0.4) is 0 Å². The summed E-state index contributed by atoms with van der Waals surface area (Å²) in [7, 11) is 0. The van der Waals surface area contributed by atoms with Gasteiger partial charge < -0.3 is 20.9 Å². The first-order chi connectivity index (χ1) is 17.3. The minimum atomic E-state index is -1.09. The van der Waals surface area contributed by atoms with Crippen molar-refractivity contribution in [2.45, 2.75) is 19.4 Å². The Morgan fingerprint density at radius 1 is 1.33 bits per heavy atom. The number of halogens is 2. The van der Waals surface area contributed by atoms with E-state index in [4.69, 9.17) is 22.1 Å². The number of pyridine rings is 1. The largest absolute Gasteiger partial charge is 0.477 e. The van der Waals surface area contributed by atoms with E-state index in [9.17, 15) is 14.3 Å². The van der Waals surface area contributed by atoms with Crippen LogP contribution in [-0.2, 0) is 4.74 Å². The fraction of sp³-hybridized carbons (Fsp3) is 0.200. The standard InChI is InChI=1S/C25H22ClFN6O3/c1-13-6-21(25(34)35)29-9-17(13)14-7-22-23(31-16-4-5-36-12-16)18(10-30-33(22)11-14)24(28)32-20-8-15(27)2-3-19(20)26/h2-3,6-11,16,31H,4-5,12H2,1H3,(H2,28,32)(H,34,35). The number of ether oxygens (including phenoxy) is 1. The van der Waals surface area contributed by atoms with Crippen molar-refractivity contribution in [2.75, 3.05) is 18.5 Å². The number of nitrogens with two attached hydrogens (primary N) is 1. The highest BCUT2D eigenvalue weighted by Crippen LogP contribution is 2.32. The normalized spacial score (nSPS) is 16.0. The topological polar surface area (TPSA) is 127 Å². The second-order valence-electron chi connectivity index (χ2n) is 8.48. The Morgan fingerprint density at radius 3 is 2.89 bits per heavy atom. The summed E-state index contributed by atoms with van der Waals surface area (Å²) in [6, 6.07) is 7.39. The third kappa shape index (κ3) is 4.60. The number of benzene rings is 1. The van der Waals surface area contributed by atoms with Gasteiger partial charge in [0.15, 0.2) is 0 Å². The van der Waals surface area contributed by atoms with E-state index in [2.05, 4.69) is 20.4 Å². The molecule has 1 aromatic carbocycles. The maximum Gasteiger partial charge on any atom is 0.354 e. The van der Waals surface area contributed by atoms with Crippen LogP contribution in [0.4, 0.5) is 15.8 Å². The molecule has 9 nitrogen and oxygen atoms in total. The Kier molecular flexibility index (Phi) is 6.29. The van der Waals surface area contributed by atoms with Crippen molar-refractivity contribution in [3.8, 4) is 11.1 Å². The van der Waals surface area contributed by atoms with Gasteiger partial charge in [-0.1, -0.05) is 11.6 Å². The SMILES string of the molecule is Cc1cc(C(=O)O)ncc1-c1cc2c(NC3CCOC3)c(/C(N)=N/c3cc(F)ccc3Cl)cnn2c1. The Balaban J connectivity index is 1.63. The highest BCUT2D eigenvalue weighted by atomic mass is 35.5. The summed E-state index contributed by atoms with van der Waals surface area (Å²) in [5, 5.41) is 17.5. The molecule has 1 unspecified atom stereocenters. The lowest BCUT2D eigenvalue weighted by atomic mass is 10.0. The summed E-state index contributed by atoms with van der Waals surface area (Å²) in [5.74, 6) is -1.45. The average Bonchev–Trinajstić information content (AvgIpc) is 3.51. The molecule has 5 rings (SSSR count). The molecule has 4 N–H and O–H groups in total. The fourth-order valence-corrected chi connectivity index (χ4v) is 4.30. The molecule has 0 radical (unpaired) electrons. The zero-order valence-electron chi connectivity index (χ0n) is 19.2. The van der Waals surface area contributed by atoms with Crippen molar-refractivity contribution in [2.24, 2.45) is 10.7 Å². The van der Waals surface area contributed by atoms with Crippen molar-refractivity contribution < 1.29 is 19.0 Å². The van der Waals surface area contributed by atoms with Crippen molar-refractivity contribution in [1.29, 1.82) is 0 Å². The van der Waals surface area contributed by atoms with Crippen molar-refractivity contribution >= 4 is 40.3 Å². The number of amidine groups is 1.